The molecule has 148 valence electrons. The van der Waals surface area contributed by atoms with Gasteiger partial charge >= 0.3 is 0 Å². The predicted molar refractivity (Wildman–Crippen MR) is 113 cm³/mol. The van der Waals surface area contributed by atoms with Gasteiger partial charge in [-0.25, -0.2) is 0 Å². The van der Waals surface area contributed by atoms with Crippen LogP contribution in [0, 0.1) is 12.3 Å². The number of nitrogens with one attached hydrogen (secondary N) is 1. The maximum atomic E-state index is 12.4. The van der Waals surface area contributed by atoms with Gasteiger partial charge in [0.15, 0.2) is 11.5 Å². The first-order valence-electron chi connectivity index (χ1n) is 8.85. The Morgan fingerprint density at radius 2 is 1.86 bits per heavy atom. The van der Waals surface area contributed by atoms with Gasteiger partial charge in [0.1, 0.15) is 12.7 Å². The summed E-state index contributed by atoms with van der Waals surface area (Å²) >= 11 is 3.41. The predicted octanol–water partition coefficient (Wildman–Crippen LogP) is 3.39. The second-order valence-electron chi connectivity index (χ2n) is 6.07. The lowest BCUT2D eigenvalue weighted by Crippen LogP contribution is -2.38. The minimum Gasteiger partial charge on any atom is -0.493 e. The van der Waals surface area contributed by atoms with Crippen LogP contribution in [0.2, 0.25) is 0 Å². The molecule has 0 spiro atoms. The SMILES string of the molecule is C#CCOc1ccc(CCNC(=O)[C@H](Cc2ccc(Br)cc2)OC)cc1OC. The van der Waals surface area contributed by atoms with Gasteiger partial charge in [-0.1, -0.05) is 40.0 Å². The molecule has 2 rings (SSSR count). The smallest absolute Gasteiger partial charge is 0.249 e. The highest BCUT2D eigenvalue weighted by atomic mass is 79.9. The van der Waals surface area contributed by atoms with Gasteiger partial charge in [0, 0.05) is 24.5 Å². The van der Waals surface area contributed by atoms with Crippen LogP contribution in [-0.4, -0.2) is 39.4 Å². The van der Waals surface area contributed by atoms with E-state index in [0.29, 0.717) is 30.9 Å². The molecule has 0 fully saturated rings. The average Bonchev–Trinajstić information content (AvgIpc) is 2.72. The van der Waals surface area contributed by atoms with Crippen molar-refractivity contribution in [3.05, 3.63) is 58.1 Å². The fourth-order valence-corrected chi connectivity index (χ4v) is 2.93. The molecule has 5 nitrogen and oxygen atoms in total. The Labute approximate surface area is 174 Å². The molecule has 0 aliphatic rings. The zero-order valence-corrected chi connectivity index (χ0v) is 17.6. The number of halogens is 1. The van der Waals surface area contributed by atoms with Crippen LogP contribution < -0.4 is 14.8 Å². The van der Waals surface area contributed by atoms with E-state index in [2.05, 4.69) is 27.2 Å². The summed E-state index contributed by atoms with van der Waals surface area (Å²) in [6.07, 6.45) is 5.86. The number of hydrogen-bond acceptors (Lipinski definition) is 4. The van der Waals surface area contributed by atoms with Gasteiger partial charge in [-0.3, -0.25) is 4.79 Å². The third-order valence-electron chi connectivity index (χ3n) is 4.16. The van der Waals surface area contributed by atoms with Crippen LogP contribution in [-0.2, 0) is 22.4 Å². The molecule has 0 saturated heterocycles. The highest BCUT2D eigenvalue weighted by molar-refractivity contribution is 9.10. The van der Waals surface area contributed by atoms with Gasteiger partial charge in [-0.05, 0) is 41.8 Å². The summed E-state index contributed by atoms with van der Waals surface area (Å²) in [5.41, 5.74) is 2.06. The van der Waals surface area contributed by atoms with Crippen LogP contribution in [0.5, 0.6) is 11.5 Å². The molecule has 0 radical (unpaired) electrons. The Morgan fingerprint density at radius 1 is 1.14 bits per heavy atom. The maximum absolute atomic E-state index is 12.4. The molecule has 0 aliphatic carbocycles. The highest BCUT2D eigenvalue weighted by Crippen LogP contribution is 2.28. The summed E-state index contributed by atoms with van der Waals surface area (Å²) in [5.74, 6) is 3.51. The first-order valence-corrected chi connectivity index (χ1v) is 9.64. The molecule has 1 atom stereocenters. The number of rotatable bonds is 10. The quantitative estimate of drug-likeness (QED) is 0.569. The highest BCUT2D eigenvalue weighted by Gasteiger charge is 2.18. The zero-order valence-electron chi connectivity index (χ0n) is 16.0. The molecular weight excluding hydrogens is 422 g/mol. The van der Waals surface area contributed by atoms with Crippen LogP contribution in [0.15, 0.2) is 46.9 Å². The molecule has 0 heterocycles. The Bertz CT molecular complexity index is 814. The number of methoxy groups -OCH3 is 2. The zero-order chi connectivity index (χ0) is 20.4. The molecule has 2 aromatic rings. The van der Waals surface area contributed by atoms with Crippen molar-refractivity contribution in [2.24, 2.45) is 0 Å². The summed E-state index contributed by atoms with van der Waals surface area (Å²) in [6, 6.07) is 13.5. The summed E-state index contributed by atoms with van der Waals surface area (Å²) < 4.78 is 17.1. The second kappa shape index (κ2) is 11.4. The van der Waals surface area contributed by atoms with Crippen LogP contribution in [0.1, 0.15) is 11.1 Å². The van der Waals surface area contributed by atoms with Gasteiger partial charge in [-0.2, -0.15) is 0 Å². The minimum atomic E-state index is -0.532. The van der Waals surface area contributed by atoms with Crippen molar-refractivity contribution in [2.45, 2.75) is 18.9 Å². The molecule has 0 bridgehead atoms. The van der Waals surface area contributed by atoms with Crippen molar-refractivity contribution in [3.8, 4) is 23.8 Å². The largest absolute Gasteiger partial charge is 0.493 e. The van der Waals surface area contributed by atoms with Gasteiger partial charge in [0.05, 0.1) is 7.11 Å². The number of amides is 1. The molecule has 1 N–H and O–H groups in total. The van der Waals surface area contributed by atoms with Gasteiger partial charge in [0.25, 0.3) is 0 Å². The fraction of sp³-hybridized carbons (Fsp3) is 0.318. The molecule has 0 aliphatic heterocycles. The minimum absolute atomic E-state index is 0.133. The lowest BCUT2D eigenvalue weighted by molar-refractivity contribution is -0.130. The van der Waals surface area contributed by atoms with E-state index in [9.17, 15) is 4.79 Å². The number of carbonyl (C=O) groups is 1. The third-order valence-corrected chi connectivity index (χ3v) is 4.69. The first-order chi connectivity index (χ1) is 13.6. The van der Waals surface area contributed by atoms with Gasteiger partial charge in [-0.15, -0.1) is 6.42 Å². The number of ether oxygens (including phenoxy) is 3. The number of hydrogen-bond donors (Lipinski definition) is 1. The van der Waals surface area contributed by atoms with E-state index in [1.807, 2.05) is 42.5 Å². The topological polar surface area (TPSA) is 56.8 Å². The summed E-state index contributed by atoms with van der Waals surface area (Å²) in [5, 5.41) is 2.93. The third kappa shape index (κ3) is 6.59. The van der Waals surface area contributed by atoms with E-state index in [1.165, 1.54) is 0 Å². The van der Waals surface area contributed by atoms with Crippen molar-refractivity contribution in [2.75, 3.05) is 27.4 Å². The molecule has 28 heavy (non-hydrogen) atoms. The standard InChI is InChI=1S/C22H24BrNO4/c1-4-13-28-19-10-7-17(14-20(19)26-2)11-12-24-22(25)21(27-3)15-16-5-8-18(23)9-6-16/h1,5-10,14,21H,11-13,15H2,2-3H3,(H,24,25)/t21-/m0/s1. The second-order valence-corrected chi connectivity index (χ2v) is 6.99. The maximum Gasteiger partial charge on any atom is 0.249 e. The molecule has 6 heteroatoms. The average molecular weight is 446 g/mol. The number of carbonyl (C=O) groups excluding carboxylic acids is 1. The van der Waals surface area contributed by atoms with Crippen LogP contribution in [0.3, 0.4) is 0 Å². The van der Waals surface area contributed by atoms with Crippen LogP contribution >= 0.6 is 15.9 Å². The summed E-state index contributed by atoms with van der Waals surface area (Å²) in [6.45, 7) is 0.676. The lowest BCUT2D eigenvalue weighted by Gasteiger charge is -2.16. The van der Waals surface area contributed by atoms with Crippen LogP contribution in [0.25, 0.3) is 0 Å². The molecule has 0 saturated carbocycles. The first kappa shape index (κ1) is 21.8. The number of terminal acetylenes is 1. The van der Waals surface area contributed by atoms with E-state index in [0.717, 1.165) is 15.6 Å². The van der Waals surface area contributed by atoms with Crippen molar-refractivity contribution in [1.82, 2.24) is 5.32 Å². The number of benzene rings is 2. The normalized spacial score (nSPS) is 11.4. The Balaban J connectivity index is 1.87. The fourth-order valence-electron chi connectivity index (χ4n) is 2.67. The van der Waals surface area contributed by atoms with E-state index in [1.54, 1.807) is 14.2 Å². The van der Waals surface area contributed by atoms with E-state index in [4.69, 9.17) is 20.6 Å². The Kier molecular flexibility index (Phi) is 8.86. The Morgan fingerprint density at radius 3 is 2.50 bits per heavy atom. The molecule has 0 aromatic heterocycles. The molecular formula is C22H24BrNO4. The summed E-state index contributed by atoms with van der Waals surface area (Å²) in [4.78, 5) is 12.4. The molecule has 2 aromatic carbocycles. The van der Waals surface area contributed by atoms with Crippen molar-refractivity contribution in [3.63, 3.8) is 0 Å². The van der Waals surface area contributed by atoms with E-state index >= 15 is 0 Å². The summed E-state index contributed by atoms with van der Waals surface area (Å²) in [7, 11) is 3.12. The monoisotopic (exact) mass is 445 g/mol. The van der Waals surface area contributed by atoms with Crippen LogP contribution in [0.4, 0.5) is 0 Å². The molecule has 0 unspecified atom stereocenters. The Hall–Kier alpha value is -2.49. The van der Waals surface area contributed by atoms with Gasteiger partial charge < -0.3 is 19.5 Å². The molecule has 1 amide bonds. The van der Waals surface area contributed by atoms with E-state index < -0.39 is 6.10 Å². The van der Waals surface area contributed by atoms with Crippen molar-refractivity contribution >= 4 is 21.8 Å². The lowest BCUT2D eigenvalue weighted by atomic mass is 10.1. The van der Waals surface area contributed by atoms with E-state index in [-0.39, 0.29) is 12.5 Å². The van der Waals surface area contributed by atoms with Crippen molar-refractivity contribution in [1.29, 1.82) is 0 Å². The van der Waals surface area contributed by atoms with Gasteiger partial charge in [0.2, 0.25) is 5.91 Å². The van der Waals surface area contributed by atoms with Crippen molar-refractivity contribution < 1.29 is 19.0 Å².